The quantitative estimate of drug-likeness (QED) is 0.283. The van der Waals surface area contributed by atoms with E-state index in [2.05, 4.69) is 109 Å². The minimum Gasteiger partial charge on any atom is -0.0654 e. The molecular formula is C34H44. The summed E-state index contributed by atoms with van der Waals surface area (Å²) in [6.07, 6.45) is 7.57. The van der Waals surface area contributed by atoms with Gasteiger partial charge in [-0.3, -0.25) is 0 Å². The molecule has 3 aromatic carbocycles. The molecule has 0 heteroatoms. The Hall–Kier alpha value is -2.34. The van der Waals surface area contributed by atoms with E-state index in [4.69, 9.17) is 0 Å². The number of unbranched alkanes of at least 4 members (excludes halogenated alkanes) is 3. The molecule has 1 aliphatic carbocycles. The fourth-order valence-electron chi connectivity index (χ4n) is 5.64. The Labute approximate surface area is 208 Å². The predicted molar refractivity (Wildman–Crippen MR) is 149 cm³/mol. The zero-order valence-electron chi connectivity index (χ0n) is 22.6. The SMILES string of the molecule is CCCCCCc1cccc(C2(C)c3cc(C(C)C)ccc3-c3ccc(C(C)(C)CC)cc32)c1. The molecule has 0 N–H and O–H groups in total. The van der Waals surface area contributed by atoms with Crippen LogP contribution in [-0.2, 0) is 17.3 Å². The maximum Gasteiger partial charge on any atom is 0.0435 e. The van der Waals surface area contributed by atoms with Crippen molar-refractivity contribution in [3.8, 4) is 11.1 Å². The number of rotatable bonds is 9. The van der Waals surface area contributed by atoms with Gasteiger partial charge in [-0.2, -0.15) is 0 Å². The summed E-state index contributed by atoms with van der Waals surface area (Å²) >= 11 is 0. The summed E-state index contributed by atoms with van der Waals surface area (Å²) in [5.41, 5.74) is 11.6. The van der Waals surface area contributed by atoms with E-state index in [1.165, 1.54) is 76.6 Å². The minimum atomic E-state index is -0.130. The second-order valence-electron chi connectivity index (χ2n) is 11.6. The number of hydrogen-bond donors (Lipinski definition) is 0. The van der Waals surface area contributed by atoms with E-state index in [-0.39, 0.29) is 10.8 Å². The van der Waals surface area contributed by atoms with Crippen LogP contribution in [0.2, 0.25) is 0 Å². The third kappa shape index (κ3) is 4.37. The van der Waals surface area contributed by atoms with Crippen LogP contribution < -0.4 is 0 Å². The number of benzene rings is 3. The lowest BCUT2D eigenvalue weighted by molar-refractivity contribution is 0.505. The van der Waals surface area contributed by atoms with Crippen molar-refractivity contribution < 1.29 is 0 Å². The monoisotopic (exact) mass is 452 g/mol. The van der Waals surface area contributed by atoms with E-state index in [0.29, 0.717) is 5.92 Å². The lowest BCUT2D eigenvalue weighted by Crippen LogP contribution is -2.24. The second kappa shape index (κ2) is 9.73. The molecule has 0 radical (unpaired) electrons. The lowest BCUT2D eigenvalue weighted by Gasteiger charge is -2.31. The first-order valence-corrected chi connectivity index (χ1v) is 13.6. The van der Waals surface area contributed by atoms with Crippen LogP contribution in [0.15, 0.2) is 60.7 Å². The highest BCUT2D eigenvalue weighted by Gasteiger charge is 2.41. The third-order valence-electron chi connectivity index (χ3n) is 8.59. The lowest BCUT2D eigenvalue weighted by atomic mass is 9.71. The van der Waals surface area contributed by atoms with Gasteiger partial charge in [0.05, 0.1) is 0 Å². The third-order valence-corrected chi connectivity index (χ3v) is 8.59. The number of hydrogen-bond acceptors (Lipinski definition) is 0. The number of fused-ring (bicyclic) bond motifs is 3. The van der Waals surface area contributed by atoms with Gasteiger partial charge in [0.25, 0.3) is 0 Å². The highest BCUT2D eigenvalue weighted by Crippen LogP contribution is 2.54. The first kappa shape index (κ1) is 24.8. The Morgan fingerprint density at radius 1 is 0.794 bits per heavy atom. The molecule has 0 bridgehead atoms. The fraction of sp³-hybridized carbons (Fsp3) is 0.471. The van der Waals surface area contributed by atoms with Crippen molar-refractivity contribution in [1.29, 1.82) is 0 Å². The first-order chi connectivity index (χ1) is 16.2. The van der Waals surface area contributed by atoms with Crippen molar-refractivity contribution >= 4 is 0 Å². The topological polar surface area (TPSA) is 0 Å². The van der Waals surface area contributed by atoms with Crippen molar-refractivity contribution in [2.75, 3.05) is 0 Å². The van der Waals surface area contributed by atoms with E-state index in [9.17, 15) is 0 Å². The summed E-state index contributed by atoms with van der Waals surface area (Å²) in [7, 11) is 0. The average Bonchev–Trinajstić information content (AvgIpc) is 3.10. The molecule has 3 aromatic rings. The summed E-state index contributed by atoms with van der Waals surface area (Å²) in [5.74, 6) is 0.526. The zero-order chi connectivity index (χ0) is 24.5. The van der Waals surface area contributed by atoms with Crippen molar-refractivity contribution in [3.05, 3.63) is 94.0 Å². The predicted octanol–water partition coefficient (Wildman–Crippen LogP) is 9.96. The summed E-state index contributed by atoms with van der Waals surface area (Å²) in [4.78, 5) is 0. The van der Waals surface area contributed by atoms with Crippen LogP contribution in [0.4, 0.5) is 0 Å². The molecule has 0 aromatic heterocycles. The minimum absolute atomic E-state index is 0.130. The molecule has 0 nitrogen and oxygen atoms in total. The van der Waals surface area contributed by atoms with Crippen molar-refractivity contribution in [2.45, 2.75) is 104 Å². The number of aryl methyl sites for hydroxylation is 1. The van der Waals surface area contributed by atoms with Gasteiger partial charge in [-0.1, -0.05) is 121 Å². The molecular weight excluding hydrogens is 408 g/mol. The molecule has 0 amide bonds. The van der Waals surface area contributed by atoms with Crippen LogP contribution >= 0.6 is 0 Å². The van der Waals surface area contributed by atoms with Gasteiger partial charge in [0.15, 0.2) is 0 Å². The van der Waals surface area contributed by atoms with Gasteiger partial charge in [-0.05, 0) is 82.0 Å². The van der Waals surface area contributed by atoms with Gasteiger partial charge in [0.1, 0.15) is 0 Å². The van der Waals surface area contributed by atoms with Crippen molar-refractivity contribution in [1.82, 2.24) is 0 Å². The van der Waals surface area contributed by atoms with Crippen LogP contribution in [0, 0.1) is 0 Å². The normalized spacial score (nSPS) is 17.2. The smallest absolute Gasteiger partial charge is 0.0435 e. The van der Waals surface area contributed by atoms with E-state index >= 15 is 0 Å². The Morgan fingerprint density at radius 2 is 1.50 bits per heavy atom. The summed E-state index contributed by atoms with van der Waals surface area (Å²) in [5, 5.41) is 0. The molecule has 0 aliphatic heterocycles. The van der Waals surface area contributed by atoms with Crippen LogP contribution in [-0.4, -0.2) is 0 Å². The maximum atomic E-state index is 2.53. The van der Waals surface area contributed by atoms with Gasteiger partial charge >= 0.3 is 0 Å². The molecule has 34 heavy (non-hydrogen) atoms. The molecule has 1 aliphatic rings. The molecule has 0 saturated heterocycles. The summed E-state index contributed by atoms with van der Waals surface area (Å²) < 4.78 is 0. The second-order valence-corrected chi connectivity index (χ2v) is 11.6. The van der Waals surface area contributed by atoms with Gasteiger partial charge < -0.3 is 0 Å². The molecule has 0 heterocycles. The van der Waals surface area contributed by atoms with Crippen molar-refractivity contribution in [2.24, 2.45) is 0 Å². The zero-order valence-corrected chi connectivity index (χ0v) is 22.6. The largest absolute Gasteiger partial charge is 0.0654 e. The molecule has 180 valence electrons. The average molecular weight is 453 g/mol. The molecule has 1 unspecified atom stereocenters. The molecule has 0 fully saturated rings. The van der Waals surface area contributed by atoms with Crippen LogP contribution in [0.25, 0.3) is 11.1 Å². The van der Waals surface area contributed by atoms with E-state index in [0.717, 1.165) is 6.42 Å². The Morgan fingerprint density at radius 3 is 2.18 bits per heavy atom. The highest BCUT2D eigenvalue weighted by atomic mass is 14.4. The Bertz CT molecular complexity index is 1150. The summed E-state index contributed by atoms with van der Waals surface area (Å²) in [6, 6.07) is 24.0. The maximum absolute atomic E-state index is 2.53. The molecule has 0 saturated carbocycles. The molecule has 0 spiro atoms. The van der Waals surface area contributed by atoms with E-state index in [1.54, 1.807) is 0 Å². The van der Waals surface area contributed by atoms with Crippen LogP contribution in [0.1, 0.15) is 120 Å². The van der Waals surface area contributed by atoms with Crippen LogP contribution in [0.5, 0.6) is 0 Å². The molecule has 1 atom stereocenters. The highest BCUT2D eigenvalue weighted by molar-refractivity contribution is 5.84. The summed E-state index contributed by atoms with van der Waals surface area (Å²) in [6.45, 7) is 16.4. The molecule has 4 rings (SSSR count). The fourth-order valence-corrected chi connectivity index (χ4v) is 5.64. The first-order valence-electron chi connectivity index (χ1n) is 13.6. The Kier molecular flexibility index (Phi) is 7.09. The van der Waals surface area contributed by atoms with Gasteiger partial charge in [0.2, 0.25) is 0 Å². The van der Waals surface area contributed by atoms with Crippen molar-refractivity contribution in [3.63, 3.8) is 0 Å². The van der Waals surface area contributed by atoms with E-state index in [1.807, 2.05) is 0 Å². The van der Waals surface area contributed by atoms with E-state index < -0.39 is 0 Å². The van der Waals surface area contributed by atoms with Gasteiger partial charge in [0, 0.05) is 5.41 Å². The Balaban J connectivity index is 1.87. The standard InChI is InChI=1S/C34H44/c1-8-10-11-12-14-25-15-13-16-28(21-25)34(7)31-22-26(24(3)4)17-19-29(31)30-20-18-27(23-32(30)34)33(5,6)9-2/h13,15-24H,8-12,14H2,1-7H3. The van der Waals surface area contributed by atoms with Gasteiger partial charge in [-0.15, -0.1) is 0 Å². The van der Waals surface area contributed by atoms with Gasteiger partial charge in [-0.25, -0.2) is 0 Å². The van der Waals surface area contributed by atoms with Crippen LogP contribution in [0.3, 0.4) is 0 Å².